The molecule has 0 bridgehead atoms. The van der Waals surface area contributed by atoms with Gasteiger partial charge in [-0.25, -0.2) is 0 Å². The highest BCUT2D eigenvalue weighted by atomic mass is 19.4. The first kappa shape index (κ1) is 13.8. The maximum Gasteiger partial charge on any atom is 0.401 e. The zero-order valence-electron chi connectivity index (χ0n) is 10.6. The summed E-state index contributed by atoms with van der Waals surface area (Å²) in [5, 5.41) is 0. The molecule has 1 nitrogen and oxygen atoms in total. The third-order valence-corrected chi connectivity index (χ3v) is 3.61. The highest BCUT2D eigenvalue weighted by Crippen LogP contribution is 2.38. The molecule has 0 aromatic heterocycles. The second-order valence-corrected chi connectivity index (χ2v) is 5.94. The molecule has 0 amide bonds. The zero-order chi connectivity index (χ0) is 12.6. The largest absolute Gasteiger partial charge is 0.401 e. The van der Waals surface area contributed by atoms with Crippen molar-refractivity contribution in [3.05, 3.63) is 0 Å². The number of alkyl halides is 3. The van der Waals surface area contributed by atoms with Gasteiger partial charge in [-0.15, -0.1) is 0 Å². The lowest BCUT2D eigenvalue weighted by Gasteiger charge is -2.45. The molecule has 1 heterocycles. The van der Waals surface area contributed by atoms with E-state index < -0.39 is 12.7 Å². The van der Waals surface area contributed by atoms with Crippen LogP contribution in [0, 0.1) is 11.3 Å². The fourth-order valence-electron chi connectivity index (χ4n) is 2.82. The van der Waals surface area contributed by atoms with E-state index in [1.807, 2.05) is 6.92 Å². The van der Waals surface area contributed by atoms with Crippen LogP contribution in [0.2, 0.25) is 0 Å². The Kier molecular flexibility index (Phi) is 3.93. The first-order chi connectivity index (χ1) is 7.11. The molecule has 1 aliphatic heterocycles. The topological polar surface area (TPSA) is 3.24 Å². The fourth-order valence-corrected chi connectivity index (χ4v) is 2.82. The molecule has 0 spiro atoms. The summed E-state index contributed by atoms with van der Waals surface area (Å²) in [6.45, 7) is 8.09. The van der Waals surface area contributed by atoms with Gasteiger partial charge in [0.15, 0.2) is 0 Å². The van der Waals surface area contributed by atoms with E-state index in [4.69, 9.17) is 0 Å². The average molecular weight is 237 g/mol. The number of halogens is 3. The van der Waals surface area contributed by atoms with E-state index in [-0.39, 0.29) is 11.5 Å². The molecular weight excluding hydrogens is 215 g/mol. The van der Waals surface area contributed by atoms with E-state index in [0.29, 0.717) is 12.5 Å². The van der Waals surface area contributed by atoms with Gasteiger partial charge in [-0.2, -0.15) is 13.2 Å². The van der Waals surface area contributed by atoms with Crippen LogP contribution in [0.4, 0.5) is 13.2 Å². The van der Waals surface area contributed by atoms with Gasteiger partial charge in [0.05, 0.1) is 6.54 Å². The fraction of sp³-hybridized carbons (Fsp3) is 1.00. The third-order valence-electron chi connectivity index (χ3n) is 3.61. The Labute approximate surface area is 96.0 Å². The third kappa shape index (κ3) is 3.65. The minimum Gasteiger partial charge on any atom is -0.292 e. The van der Waals surface area contributed by atoms with Crippen molar-refractivity contribution in [2.75, 3.05) is 13.1 Å². The number of rotatable bonds is 1. The van der Waals surface area contributed by atoms with E-state index in [2.05, 4.69) is 20.8 Å². The molecular formula is C12H22F3N. The normalized spacial score (nSPS) is 29.4. The number of hydrogen-bond donors (Lipinski definition) is 0. The minimum atomic E-state index is -4.08. The van der Waals surface area contributed by atoms with E-state index in [1.165, 1.54) is 0 Å². The van der Waals surface area contributed by atoms with Gasteiger partial charge in [-0.1, -0.05) is 20.8 Å². The predicted octanol–water partition coefficient (Wildman–Crippen LogP) is 3.70. The quantitative estimate of drug-likeness (QED) is 0.672. The maximum atomic E-state index is 12.4. The molecule has 0 aliphatic carbocycles. The van der Waals surface area contributed by atoms with Crippen molar-refractivity contribution in [1.82, 2.24) is 4.90 Å². The van der Waals surface area contributed by atoms with Crippen LogP contribution >= 0.6 is 0 Å². The molecule has 96 valence electrons. The van der Waals surface area contributed by atoms with Gasteiger partial charge in [0.25, 0.3) is 0 Å². The van der Waals surface area contributed by atoms with Crippen molar-refractivity contribution >= 4 is 0 Å². The molecule has 4 heteroatoms. The molecule has 0 aromatic carbocycles. The monoisotopic (exact) mass is 237 g/mol. The van der Waals surface area contributed by atoms with Gasteiger partial charge in [-0.3, -0.25) is 4.90 Å². The zero-order valence-corrected chi connectivity index (χ0v) is 10.6. The van der Waals surface area contributed by atoms with Crippen LogP contribution in [0.3, 0.4) is 0 Å². The summed E-state index contributed by atoms with van der Waals surface area (Å²) in [5.41, 5.74) is 0.0870. The molecule has 0 radical (unpaired) electrons. The van der Waals surface area contributed by atoms with Crippen molar-refractivity contribution in [2.24, 2.45) is 11.3 Å². The Morgan fingerprint density at radius 3 is 2.19 bits per heavy atom. The lowest BCUT2D eigenvalue weighted by atomic mass is 9.72. The van der Waals surface area contributed by atoms with Crippen molar-refractivity contribution in [1.29, 1.82) is 0 Å². The summed E-state index contributed by atoms with van der Waals surface area (Å²) in [4.78, 5) is 1.58. The Morgan fingerprint density at radius 1 is 1.19 bits per heavy atom. The van der Waals surface area contributed by atoms with Crippen molar-refractivity contribution < 1.29 is 13.2 Å². The maximum absolute atomic E-state index is 12.4. The van der Waals surface area contributed by atoms with Gasteiger partial charge in [0, 0.05) is 6.04 Å². The molecule has 16 heavy (non-hydrogen) atoms. The van der Waals surface area contributed by atoms with Crippen molar-refractivity contribution in [3.63, 3.8) is 0 Å². The lowest BCUT2D eigenvalue weighted by molar-refractivity contribution is -0.158. The van der Waals surface area contributed by atoms with Gasteiger partial charge < -0.3 is 0 Å². The Bertz CT molecular complexity index is 229. The number of nitrogens with zero attached hydrogens (tertiary/aromatic N) is 1. The van der Waals surface area contributed by atoms with E-state index in [1.54, 1.807) is 4.90 Å². The average Bonchev–Trinajstić information content (AvgIpc) is 2.04. The first-order valence-electron chi connectivity index (χ1n) is 5.92. The molecule has 1 aliphatic rings. The summed E-state index contributed by atoms with van der Waals surface area (Å²) >= 11 is 0. The smallest absolute Gasteiger partial charge is 0.292 e. The Balaban J connectivity index is 2.68. The lowest BCUT2D eigenvalue weighted by Crippen LogP contribution is -2.50. The molecule has 1 fully saturated rings. The summed E-state index contributed by atoms with van der Waals surface area (Å²) in [5.74, 6) is 0.351. The van der Waals surface area contributed by atoms with Crippen LogP contribution in [0.15, 0.2) is 0 Å². The molecule has 1 rings (SSSR count). The van der Waals surface area contributed by atoms with Crippen LogP contribution in [0.1, 0.15) is 40.5 Å². The molecule has 0 aromatic rings. The van der Waals surface area contributed by atoms with Gasteiger partial charge in [0.2, 0.25) is 0 Å². The first-order valence-corrected chi connectivity index (χ1v) is 5.92. The van der Waals surface area contributed by atoms with Gasteiger partial charge in [0.1, 0.15) is 0 Å². The summed E-state index contributed by atoms with van der Waals surface area (Å²) < 4.78 is 37.2. The standard InChI is InChI=1S/C12H22F3N/c1-9-10(11(2,3)4)6-5-7-16(9)8-12(13,14)15/h9-10H,5-8H2,1-4H3/t9-,10-/m1/s1. The van der Waals surface area contributed by atoms with Crippen LogP contribution in [0.25, 0.3) is 0 Å². The summed E-state index contributed by atoms with van der Waals surface area (Å²) in [7, 11) is 0. The second-order valence-electron chi connectivity index (χ2n) is 5.94. The van der Waals surface area contributed by atoms with Crippen molar-refractivity contribution in [3.8, 4) is 0 Å². The predicted molar refractivity (Wildman–Crippen MR) is 59.3 cm³/mol. The van der Waals surface area contributed by atoms with Gasteiger partial charge in [-0.05, 0) is 37.6 Å². The molecule has 0 unspecified atom stereocenters. The molecule has 1 saturated heterocycles. The summed E-state index contributed by atoms with van der Waals surface area (Å²) in [6, 6.07) is 0.0235. The van der Waals surface area contributed by atoms with Crippen LogP contribution < -0.4 is 0 Å². The number of hydrogen-bond acceptors (Lipinski definition) is 1. The van der Waals surface area contributed by atoms with E-state index in [9.17, 15) is 13.2 Å². The van der Waals surface area contributed by atoms with Gasteiger partial charge >= 0.3 is 6.18 Å². The van der Waals surface area contributed by atoms with Crippen LogP contribution in [-0.4, -0.2) is 30.2 Å². The number of likely N-dealkylation sites (tertiary alicyclic amines) is 1. The minimum absolute atomic E-state index is 0.0235. The van der Waals surface area contributed by atoms with Crippen molar-refractivity contribution in [2.45, 2.75) is 52.8 Å². The van der Waals surface area contributed by atoms with Crippen LogP contribution in [0.5, 0.6) is 0 Å². The molecule has 0 N–H and O–H groups in total. The second kappa shape index (κ2) is 4.55. The summed E-state index contributed by atoms with van der Waals surface area (Å²) in [6.07, 6.45) is -2.16. The highest BCUT2D eigenvalue weighted by Gasteiger charge is 2.40. The Hall–Kier alpha value is -0.250. The molecule has 2 atom stereocenters. The van der Waals surface area contributed by atoms with Crippen LogP contribution in [-0.2, 0) is 0 Å². The van der Waals surface area contributed by atoms with E-state index >= 15 is 0 Å². The van der Waals surface area contributed by atoms with E-state index in [0.717, 1.165) is 12.8 Å². The highest BCUT2D eigenvalue weighted by molar-refractivity contribution is 4.88. The SMILES string of the molecule is C[C@@H]1[C@H](C(C)(C)C)CCCN1CC(F)(F)F. The Morgan fingerprint density at radius 2 is 1.75 bits per heavy atom. The number of piperidine rings is 1. The molecule has 0 saturated carbocycles.